The Kier molecular flexibility index (Phi) is 4.76. The van der Waals surface area contributed by atoms with Gasteiger partial charge in [-0.2, -0.15) is 4.98 Å². The van der Waals surface area contributed by atoms with Crippen LogP contribution in [-0.4, -0.2) is 23.0 Å². The first kappa shape index (κ1) is 17.5. The quantitative estimate of drug-likeness (QED) is 0.435. The molecule has 0 atom stereocenters. The highest BCUT2D eigenvalue weighted by Gasteiger charge is 2.15. The molecule has 2 heterocycles. The summed E-state index contributed by atoms with van der Waals surface area (Å²) in [5.41, 5.74) is 2.99. The van der Waals surface area contributed by atoms with Gasteiger partial charge in [-0.3, -0.25) is 4.79 Å². The predicted octanol–water partition coefficient (Wildman–Crippen LogP) is 4.76. The third kappa shape index (κ3) is 3.50. The summed E-state index contributed by atoms with van der Waals surface area (Å²) >= 11 is 2.14. The number of hydrogen-bond acceptors (Lipinski definition) is 5. The Labute approximate surface area is 168 Å². The molecule has 0 spiro atoms. The SMILES string of the molecule is COc1ccc(-c2nc3ncccc3o2)cc1NC(=O)c1ccccc1I. The average Bonchev–Trinajstić information content (AvgIpc) is 3.12. The number of ether oxygens (including phenoxy) is 1. The Morgan fingerprint density at radius 2 is 2.00 bits per heavy atom. The molecule has 27 heavy (non-hydrogen) atoms. The normalized spacial score (nSPS) is 10.7. The molecule has 1 N–H and O–H groups in total. The van der Waals surface area contributed by atoms with Crippen LogP contribution in [0.15, 0.2) is 65.2 Å². The molecule has 134 valence electrons. The number of hydrogen-bond donors (Lipinski definition) is 1. The molecule has 0 fully saturated rings. The molecule has 1 amide bonds. The van der Waals surface area contributed by atoms with E-state index in [2.05, 4.69) is 37.9 Å². The van der Waals surface area contributed by atoms with Gasteiger partial charge in [0.25, 0.3) is 5.91 Å². The lowest BCUT2D eigenvalue weighted by Crippen LogP contribution is -2.14. The molecule has 2 aromatic heterocycles. The van der Waals surface area contributed by atoms with E-state index in [-0.39, 0.29) is 5.91 Å². The summed E-state index contributed by atoms with van der Waals surface area (Å²) in [6.45, 7) is 0. The molecule has 0 saturated carbocycles. The molecule has 0 aliphatic heterocycles. The first-order valence-electron chi connectivity index (χ1n) is 8.11. The highest BCUT2D eigenvalue weighted by atomic mass is 127. The van der Waals surface area contributed by atoms with Crippen molar-refractivity contribution in [2.45, 2.75) is 0 Å². The van der Waals surface area contributed by atoms with E-state index < -0.39 is 0 Å². The van der Waals surface area contributed by atoms with Crippen molar-refractivity contribution in [2.75, 3.05) is 12.4 Å². The zero-order valence-corrected chi connectivity index (χ0v) is 16.4. The molecule has 4 rings (SSSR count). The smallest absolute Gasteiger partial charge is 0.256 e. The number of benzene rings is 2. The summed E-state index contributed by atoms with van der Waals surface area (Å²) in [6, 6.07) is 16.3. The molecular formula is C20H14IN3O3. The van der Waals surface area contributed by atoms with Crippen molar-refractivity contribution in [1.82, 2.24) is 9.97 Å². The summed E-state index contributed by atoms with van der Waals surface area (Å²) < 4.78 is 12.0. The largest absolute Gasteiger partial charge is 0.495 e. The molecule has 0 unspecified atom stereocenters. The van der Waals surface area contributed by atoms with E-state index >= 15 is 0 Å². The van der Waals surface area contributed by atoms with Gasteiger partial charge in [0.05, 0.1) is 18.4 Å². The van der Waals surface area contributed by atoms with Crippen molar-refractivity contribution in [2.24, 2.45) is 0 Å². The van der Waals surface area contributed by atoms with Gasteiger partial charge >= 0.3 is 0 Å². The van der Waals surface area contributed by atoms with Gasteiger partial charge in [0, 0.05) is 15.3 Å². The van der Waals surface area contributed by atoms with Crippen LogP contribution < -0.4 is 10.1 Å². The van der Waals surface area contributed by atoms with Crippen LogP contribution in [0.2, 0.25) is 0 Å². The van der Waals surface area contributed by atoms with Crippen LogP contribution >= 0.6 is 22.6 Å². The number of rotatable bonds is 4. The van der Waals surface area contributed by atoms with Gasteiger partial charge in [-0.15, -0.1) is 0 Å². The summed E-state index contributed by atoms with van der Waals surface area (Å²) in [7, 11) is 1.56. The van der Waals surface area contributed by atoms with E-state index in [9.17, 15) is 4.79 Å². The number of pyridine rings is 1. The first-order valence-corrected chi connectivity index (χ1v) is 9.19. The molecule has 0 radical (unpaired) electrons. The molecule has 0 aliphatic rings. The Hall–Kier alpha value is -2.94. The summed E-state index contributed by atoms with van der Waals surface area (Å²) in [6.07, 6.45) is 1.66. The number of oxazole rings is 1. The minimum Gasteiger partial charge on any atom is -0.495 e. The number of nitrogens with one attached hydrogen (secondary N) is 1. The molecule has 7 heteroatoms. The van der Waals surface area contributed by atoms with Gasteiger partial charge in [-0.1, -0.05) is 12.1 Å². The second-order valence-electron chi connectivity index (χ2n) is 5.69. The average molecular weight is 471 g/mol. The number of aromatic nitrogens is 2. The standard InChI is InChI=1S/C20H14IN3O3/c1-26-16-9-8-12(20-24-18-17(27-20)7-4-10-22-18)11-15(16)23-19(25)13-5-2-3-6-14(13)21/h2-11H,1H3,(H,23,25). The first-order chi connectivity index (χ1) is 13.2. The Bertz CT molecular complexity index is 1110. The topological polar surface area (TPSA) is 77.2 Å². The number of carbonyl (C=O) groups excluding carboxylic acids is 1. The maximum atomic E-state index is 12.7. The van der Waals surface area contributed by atoms with Crippen LogP contribution in [0.3, 0.4) is 0 Å². The minimum atomic E-state index is -0.213. The monoisotopic (exact) mass is 471 g/mol. The second kappa shape index (κ2) is 7.36. The second-order valence-corrected chi connectivity index (χ2v) is 6.86. The molecule has 0 saturated heterocycles. The van der Waals surface area contributed by atoms with Crippen LogP contribution in [0, 0.1) is 3.57 Å². The van der Waals surface area contributed by atoms with Crippen molar-refractivity contribution >= 4 is 45.4 Å². The molecule has 4 aromatic rings. The number of amides is 1. The van der Waals surface area contributed by atoms with E-state index in [1.807, 2.05) is 30.3 Å². The van der Waals surface area contributed by atoms with Gasteiger partial charge < -0.3 is 14.5 Å². The van der Waals surface area contributed by atoms with E-state index in [0.717, 1.165) is 3.57 Å². The van der Waals surface area contributed by atoms with Crippen LogP contribution in [0.25, 0.3) is 22.7 Å². The van der Waals surface area contributed by atoms with Crippen molar-refractivity contribution in [3.05, 3.63) is 69.9 Å². The Balaban J connectivity index is 1.70. The lowest BCUT2D eigenvalue weighted by molar-refractivity contribution is 0.102. The third-order valence-electron chi connectivity index (χ3n) is 3.98. The zero-order chi connectivity index (χ0) is 18.8. The lowest BCUT2D eigenvalue weighted by atomic mass is 10.1. The maximum absolute atomic E-state index is 12.7. The van der Waals surface area contributed by atoms with Gasteiger partial charge in [-0.25, -0.2) is 4.98 Å². The van der Waals surface area contributed by atoms with Crippen molar-refractivity contribution in [3.8, 4) is 17.2 Å². The minimum absolute atomic E-state index is 0.213. The number of methoxy groups -OCH3 is 1. The molecule has 6 nitrogen and oxygen atoms in total. The number of fused-ring (bicyclic) bond motifs is 1. The van der Waals surface area contributed by atoms with E-state index in [1.165, 1.54) is 0 Å². The number of anilines is 1. The van der Waals surface area contributed by atoms with Crippen LogP contribution in [0.1, 0.15) is 10.4 Å². The number of halogens is 1. The van der Waals surface area contributed by atoms with Gasteiger partial charge in [0.2, 0.25) is 5.89 Å². The van der Waals surface area contributed by atoms with Crippen LogP contribution in [-0.2, 0) is 0 Å². The highest BCUT2D eigenvalue weighted by molar-refractivity contribution is 14.1. The number of nitrogens with zero attached hydrogens (tertiary/aromatic N) is 2. The van der Waals surface area contributed by atoms with Crippen LogP contribution in [0.4, 0.5) is 5.69 Å². The number of carbonyl (C=O) groups is 1. The Morgan fingerprint density at radius 1 is 1.15 bits per heavy atom. The lowest BCUT2D eigenvalue weighted by Gasteiger charge is -2.12. The summed E-state index contributed by atoms with van der Waals surface area (Å²) in [4.78, 5) is 21.3. The fraction of sp³-hybridized carbons (Fsp3) is 0.0500. The Morgan fingerprint density at radius 3 is 2.78 bits per heavy atom. The third-order valence-corrected chi connectivity index (χ3v) is 4.92. The van der Waals surface area contributed by atoms with Gasteiger partial charge in [0.15, 0.2) is 11.2 Å². The van der Waals surface area contributed by atoms with E-state index in [4.69, 9.17) is 9.15 Å². The van der Waals surface area contributed by atoms with Gasteiger partial charge in [0.1, 0.15) is 5.75 Å². The molecule has 2 aromatic carbocycles. The van der Waals surface area contributed by atoms with Crippen LogP contribution in [0.5, 0.6) is 5.75 Å². The highest BCUT2D eigenvalue weighted by Crippen LogP contribution is 2.32. The fourth-order valence-corrected chi connectivity index (χ4v) is 3.30. The predicted molar refractivity (Wildman–Crippen MR) is 111 cm³/mol. The molecular weight excluding hydrogens is 457 g/mol. The fourth-order valence-electron chi connectivity index (χ4n) is 2.67. The van der Waals surface area contributed by atoms with Crippen molar-refractivity contribution < 1.29 is 13.9 Å². The van der Waals surface area contributed by atoms with E-state index in [0.29, 0.717) is 39.7 Å². The summed E-state index contributed by atoms with van der Waals surface area (Å²) in [5.74, 6) is 0.762. The molecule has 0 aliphatic carbocycles. The van der Waals surface area contributed by atoms with Crippen molar-refractivity contribution in [3.63, 3.8) is 0 Å². The zero-order valence-electron chi connectivity index (χ0n) is 14.3. The van der Waals surface area contributed by atoms with Crippen molar-refractivity contribution in [1.29, 1.82) is 0 Å². The van der Waals surface area contributed by atoms with Gasteiger partial charge in [-0.05, 0) is 65.1 Å². The summed E-state index contributed by atoms with van der Waals surface area (Å²) in [5, 5.41) is 2.91. The maximum Gasteiger partial charge on any atom is 0.256 e. The molecule has 0 bridgehead atoms. The van der Waals surface area contributed by atoms with E-state index in [1.54, 1.807) is 37.6 Å².